The highest BCUT2D eigenvalue weighted by Gasteiger charge is 2.34. The molecule has 0 saturated heterocycles. The number of nitrogens with one attached hydrogen (secondary N) is 1. The van der Waals surface area contributed by atoms with Gasteiger partial charge in [0.05, 0.1) is 22.5 Å². The molecule has 19 heavy (non-hydrogen) atoms. The van der Waals surface area contributed by atoms with E-state index in [0.717, 1.165) is 12.1 Å². The Bertz CT molecular complexity index is 594. The van der Waals surface area contributed by atoms with Gasteiger partial charge in [-0.3, -0.25) is 4.79 Å². The van der Waals surface area contributed by atoms with Gasteiger partial charge in [0.1, 0.15) is 0 Å². The van der Waals surface area contributed by atoms with Gasteiger partial charge in [0.2, 0.25) is 0 Å². The number of amides is 1. The molecule has 0 aliphatic heterocycles. The molecule has 0 atom stereocenters. The molecule has 0 aliphatic rings. The minimum atomic E-state index is -4.58. The molecule has 3 nitrogen and oxygen atoms in total. The number of hydrogen-bond donors (Lipinski definition) is 2. The van der Waals surface area contributed by atoms with Crippen LogP contribution >= 0.6 is 11.3 Å². The van der Waals surface area contributed by atoms with Crippen LogP contribution in [0.5, 0.6) is 0 Å². The molecule has 2 rings (SSSR count). The number of alkyl halides is 3. The lowest BCUT2D eigenvalue weighted by molar-refractivity contribution is -0.136. The molecule has 2 aromatic rings. The summed E-state index contributed by atoms with van der Waals surface area (Å²) in [5.41, 5.74) is 4.17. The van der Waals surface area contributed by atoms with Crippen LogP contribution in [0.2, 0.25) is 0 Å². The molecule has 0 unspecified atom stereocenters. The Kier molecular flexibility index (Phi) is 3.48. The maximum Gasteiger partial charge on any atom is 0.418 e. The predicted octanol–water partition coefficient (Wildman–Crippen LogP) is 3.60. The van der Waals surface area contributed by atoms with Crippen molar-refractivity contribution in [2.75, 3.05) is 11.1 Å². The number of nitrogen functional groups attached to an aromatic ring is 1. The summed E-state index contributed by atoms with van der Waals surface area (Å²) in [5.74, 6) is -0.665. The summed E-state index contributed by atoms with van der Waals surface area (Å²) in [7, 11) is 0. The zero-order valence-corrected chi connectivity index (χ0v) is 10.3. The van der Waals surface area contributed by atoms with Crippen LogP contribution in [0.3, 0.4) is 0 Å². The molecule has 0 aliphatic carbocycles. The van der Waals surface area contributed by atoms with Crippen molar-refractivity contribution in [2.45, 2.75) is 6.18 Å². The van der Waals surface area contributed by atoms with E-state index in [9.17, 15) is 18.0 Å². The number of rotatable bonds is 2. The van der Waals surface area contributed by atoms with Gasteiger partial charge < -0.3 is 11.1 Å². The van der Waals surface area contributed by atoms with E-state index in [1.54, 1.807) is 16.8 Å². The Labute approximate surface area is 110 Å². The summed E-state index contributed by atoms with van der Waals surface area (Å²) < 4.78 is 38.0. The van der Waals surface area contributed by atoms with Crippen LogP contribution in [0.25, 0.3) is 0 Å². The summed E-state index contributed by atoms with van der Waals surface area (Å²) in [4.78, 5) is 11.9. The van der Waals surface area contributed by atoms with Gasteiger partial charge in [0.15, 0.2) is 0 Å². The van der Waals surface area contributed by atoms with E-state index < -0.39 is 23.3 Å². The standard InChI is InChI=1S/C12H9F3N2OS/c13-12(14,15)9-3-1-2-8(10(9)16)11(18)17-7-4-5-19-6-7/h1-6H,16H2,(H,17,18). The molecular formula is C12H9F3N2OS. The number of halogens is 3. The molecule has 0 bridgehead atoms. The second-order valence-corrected chi connectivity index (χ2v) is 4.51. The highest BCUT2D eigenvalue weighted by Crippen LogP contribution is 2.35. The van der Waals surface area contributed by atoms with Gasteiger partial charge in [-0.1, -0.05) is 6.07 Å². The first-order valence-corrected chi connectivity index (χ1v) is 6.13. The second-order valence-electron chi connectivity index (χ2n) is 3.73. The molecule has 1 aromatic heterocycles. The van der Waals surface area contributed by atoms with Crippen molar-refractivity contribution in [3.8, 4) is 0 Å². The van der Waals surface area contributed by atoms with Gasteiger partial charge in [-0.25, -0.2) is 0 Å². The zero-order chi connectivity index (χ0) is 14.0. The SMILES string of the molecule is Nc1c(C(=O)Nc2ccsc2)cccc1C(F)(F)F. The molecule has 1 aromatic carbocycles. The smallest absolute Gasteiger partial charge is 0.398 e. The van der Waals surface area contributed by atoms with Gasteiger partial charge in [-0.15, -0.1) is 0 Å². The fourth-order valence-electron chi connectivity index (χ4n) is 1.54. The molecule has 0 fully saturated rings. The molecule has 1 heterocycles. The summed E-state index contributed by atoms with van der Waals surface area (Å²) in [5, 5.41) is 5.89. The number of carbonyl (C=O) groups excluding carboxylic acids is 1. The van der Waals surface area contributed by atoms with Crippen LogP contribution in [-0.4, -0.2) is 5.91 Å². The van der Waals surface area contributed by atoms with E-state index in [0.29, 0.717) is 5.69 Å². The normalized spacial score (nSPS) is 11.3. The van der Waals surface area contributed by atoms with Gasteiger partial charge in [-0.2, -0.15) is 24.5 Å². The Hall–Kier alpha value is -2.02. The van der Waals surface area contributed by atoms with Crippen molar-refractivity contribution >= 4 is 28.6 Å². The second kappa shape index (κ2) is 4.93. The Morgan fingerprint density at radius 1 is 1.26 bits per heavy atom. The van der Waals surface area contributed by atoms with Crippen LogP contribution in [0, 0.1) is 0 Å². The maximum atomic E-state index is 12.7. The van der Waals surface area contributed by atoms with Gasteiger partial charge in [0, 0.05) is 5.38 Å². The fraction of sp³-hybridized carbons (Fsp3) is 0.0833. The number of benzene rings is 1. The number of nitrogens with two attached hydrogens (primary N) is 1. The first-order chi connectivity index (χ1) is 8.89. The monoisotopic (exact) mass is 286 g/mol. The topological polar surface area (TPSA) is 55.1 Å². The summed E-state index contributed by atoms with van der Waals surface area (Å²) in [6.07, 6.45) is -4.58. The molecule has 1 amide bonds. The minimum absolute atomic E-state index is 0.193. The lowest BCUT2D eigenvalue weighted by Gasteiger charge is -2.13. The van der Waals surface area contributed by atoms with E-state index in [-0.39, 0.29) is 5.56 Å². The van der Waals surface area contributed by atoms with Crippen LogP contribution in [0.1, 0.15) is 15.9 Å². The summed E-state index contributed by atoms with van der Waals surface area (Å²) in [6, 6.07) is 4.90. The third kappa shape index (κ3) is 2.87. The Balaban J connectivity index is 2.33. The number of carbonyl (C=O) groups is 1. The van der Waals surface area contributed by atoms with Crippen molar-refractivity contribution in [1.82, 2.24) is 0 Å². The van der Waals surface area contributed by atoms with Gasteiger partial charge >= 0.3 is 6.18 Å². The van der Waals surface area contributed by atoms with Gasteiger partial charge in [0.25, 0.3) is 5.91 Å². The molecule has 100 valence electrons. The lowest BCUT2D eigenvalue weighted by Crippen LogP contribution is -2.17. The third-order valence-electron chi connectivity index (χ3n) is 2.44. The number of thiophene rings is 1. The van der Waals surface area contributed by atoms with E-state index in [2.05, 4.69) is 5.32 Å². The highest BCUT2D eigenvalue weighted by atomic mass is 32.1. The quantitative estimate of drug-likeness (QED) is 0.829. The van der Waals surface area contributed by atoms with Crippen molar-refractivity contribution in [3.63, 3.8) is 0 Å². The first kappa shape index (κ1) is 13.4. The minimum Gasteiger partial charge on any atom is -0.398 e. The van der Waals surface area contributed by atoms with Gasteiger partial charge in [-0.05, 0) is 23.6 Å². The van der Waals surface area contributed by atoms with Crippen molar-refractivity contribution in [1.29, 1.82) is 0 Å². The van der Waals surface area contributed by atoms with Crippen LogP contribution in [-0.2, 0) is 6.18 Å². The zero-order valence-electron chi connectivity index (χ0n) is 9.49. The highest BCUT2D eigenvalue weighted by molar-refractivity contribution is 7.08. The van der Waals surface area contributed by atoms with Crippen molar-refractivity contribution < 1.29 is 18.0 Å². The Morgan fingerprint density at radius 2 is 2.00 bits per heavy atom. The fourth-order valence-corrected chi connectivity index (χ4v) is 2.13. The van der Waals surface area contributed by atoms with E-state index >= 15 is 0 Å². The Morgan fingerprint density at radius 3 is 2.58 bits per heavy atom. The van der Waals surface area contributed by atoms with Crippen LogP contribution < -0.4 is 11.1 Å². The molecule has 0 radical (unpaired) electrons. The largest absolute Gasteiger partial charge is 0.418 e. The van der Waals surface area contributed by atoms with Crippen LogP contribution in [0.4, 0.5) is 24.5 Å². The number of para-hydroxylation sites is 1. The summed E-state index contributed by atoms with van der Waals surface area (Å²) in [6.45, 7) is 0. The summed E-state index contributed by atoms with van der Waals surface area (Å²) >= 11 is 1.36. The third-order valence-corrected chi connectivity index (χ3v) is 3.12. The molecule has 0 saturated carbocycles. The average molecular weight is 286 g/mol. The van der Waals surface area contributed by atoms with E-state index in [4.69, 9.17) is 5.73 Å². The predicted molar refractivity (Wildman–Crippen MR) is 68.1 cm³/mol. The number of anilines is 2. The first-order valence-electron chi connectivity index (χ1n) is 5.19. The number of hydrogen-bond acceptors (Lipinski definition) is 3. The van der Waals surface area contributed by atoms with Crippen molar-refractivity contribution in [3.05, 3.63) is 46.2 Å². The maximum absolute atomic E-state index is 12.7. The molecule has 0 spiro atoms. The molecule has 7 heteroatoms. The lowest BCUT2D eigenvalue weighted by atomic mass is 10.1. The van der Waals surface area contributed by atoms with Crippen LogP contribution in [0.15, 0.2) is 35.0 Å². The van der Waals surface area contributed by atoms with E-state index in [1.165, 1.54) is 17.4 Å². The van der Waals surface area contributed by atoms with Crippen molar-refractivity contribution in [2.24, 2.45) is 0 Å². The molecular weight excluding hydrogens is 277 g/mol. The molecule has 3 N–H and O–H groups in total. The average Bonchev–Trinajstić information content (AvgIpc) is 2.80. The van der Waals surface area contributed by atoms with E-state index in [1.807, 2.05) is 0 Å².